The van der Waals surface area contributed by atoms with E-state index in [0.29, 0.717) is 10.7 Å². The fourth-order valence-corrected chi connectivity index (χ4v) is 3.82. The molecule has 0 radical (unpaired) electrons. The summed E-state index contributed by atoms with van der Waals surface area (Å²) in [6.07, 6.45) is 0. The van der Waals surface area contributed by atoms with E-state index in [9.17, 15) is 4.79 Å². The average molecular weight is 344 g/mol. The molecule has 0 aliphatic rings. The monoisotopic (exact) mass is 344 g/mol. The van der Waals surface area contributed by atoms with Gasteiger partial charge in [0.25, 0.3) is 5.91 Å². The lowest BCUT2D eigenvalue weighted by Gasteiger charge is -2.01. The first kappa shape index (κ1) is 14.2. The molecule has 1 N–H and O–H groups in total. The zero-order chi connectivity index (χ0) is 16.8. The van der Waals surface area contributed by atoms with Crippen molar-refractivity contribution in [2.45, 2.75) is 0 Å². The third-order valence-electron chi connectivity index (χ3n) is 4.15. The van der Waals surface area contributed by atoms with Gasteiger partial charge < -0.3 is 4.42 Å². The number of aromatic nitrogens is 1. The number of thiazole rings is 1. The van der Waals surface area contributed by atoms with E-state index < -0.39 is 0 Å². The van der Waals surface area contributed by atoms with Crippen LogP contribution in [0.3, 0.4) is 0 Å². The lowest BCUT2D eigenvalue weighted by Crippen LogP contribution is -2.11. The largest absolute Gasteiger partial charge is 0.456 e. The first-order chi connectivity index (χ1) is 12.3. The van der Waals surface area contributed by atoms with Gasteiger partial charge in [-0.2, -0.15) is 0 Å². The van der Waals surface area contributed by atoms with Crippen LogP contribution in [0.5, 0.6) is 0 Å². The van der Waals surface area contributed by atoms with Crippen molar-refractivity contribution in [1.82, 2.24) is 4.98 Å². The van der Waals surface area contributed by atoms with Gasteiger partial charge in [0.05, 0.1) is 10.2 Å². The Bertz CT molecular complexity index is 1220. The summed E-state index contributed by atoms with van der Waals surface area (Å²) in [5.41, 5.74) is 3.07. The summed E-state index contributed by atoms with van der Waals surface area (Å²) in [4.78, 5) is 17.1. The molecule has 0 saturated carbocycles. The van der Waals surface area contributed by atoms with Crippen molar-refractivity contribution < 1.29 is 9.21 Å². The molecule has 2 aromatic heterocycles. The molecule has 25 heavy (non-hydrogen) atoms. The van der Waals surface area contributed by atoms with Crippen molar-refractivity contribution in [3.63, 3.8) is 0 Å². The van der Waals surface area contributed by atoms with Gasteiger partial charge in [0, 0.05) is 16.3 Å². The Morgan fingerprint density at radius 2 is 1.72 bits per heavy atom. The summed E-state index contributed by atoms with van der Waals surface area (Å²) in [6.45, 7) is 0. The number of rotatable bonds is 2. The highest BCUT2D eigenvalue weighted by Crippen LogP contribution is 2.30. The number of furan rings is 1. The van der Waals surface area contributed by atoms with Crippen LogP contribution in [-0.4, -0.2) is 10.9 Å². The van der Waals surface area contributed by atoms with Crippen LogP contribution in [0, 0.1) is 0 Å². The SMILES string of the molecule is O=C(Nc1nc2ccccc2s1)c1ccc2oc3ccccc3c2c1. The summed E-state index contributed by atoms with van der Waals surface area (Å²) >= 11 is 1.47. The van der Waals surface area contributed by atoms with E-state index in [1.807, 2.05) is 60.7 Å². The molecule has 120 valence electrons. The van der Waals surface area contributed by atoms with Gasteiger partial charge in [0.2, 0.25) is 0 Å². The predicted molar refractivity (Wildman–Crippen MR) is 101 cm³/mol. The molecule has 0 bridgehead atoms. The highest BCUT2D eigenvalue weighted by Gasteiger charge is 2.13. The maximum atomic E-state index is 12.6. The van der Waals surface area contributed by atoms with Gasteiger partial charge in [-0.1, -0.05) is 41.7 Å². The van der Waals surface area contributed by atoms with Gasteiger partial charge in [-0.3, -0.25) is 10.1 Å². The van der Waals surface area contributed by atoms with E-state index in [1.165, 1.54) is 11.3 Å². The number of nitrogens with zero attached hydrogens (tertiary/aromatic N) is 1. The minimum absolute atomic E-state index is 0.175. The maximum absolute atomic E-state index is 12.6. The number of amides is 1. The number of hydrogen-bond acceptors (Lipinski definition) is 4. The number of carbonyl (C=O) groups excluding carboxylic acids is 1. The van der Waals surface area contributed by atoms with E-state index in [-0.39, 0.29) is 5.91 Å². The quantitative estimate of drug-likeness (QED) is 0.463. The van der Waals surface area contributed by atoms with Gasteiger partial charge in [0.1, 0.15) is 11.2 Å². The van der Waals surface area contributed by atoms with Gasteiger partial charge in [-0.25, -0.2) is 4.98 Å². The predicted octanol–water partition coefficient (Wildman–Crippen LogP) is 5.45. The lowest BCUT2D eigenvalue weighted by atomic mass is 10.1. The number of hydrogen-bond donors (Lipinski definition) is 1. The van der Waals surface area contributed by atoms with E-state index in [0.717, 1.165) is 32.2 Å². The van der Waals surface area contributed by atoms with Crippen LogP contribution in [0.1, 0.15) is 10.4 Å². The smallest absolute Gasteiger partial charge is 0.257 e. The number of benzene rings is 3. The van der Waals surface area contributed by atoms with Crippen LogP contribution in [0.2, 0.25) is 0 Å². The molecule has 0 unspecified atom stereocenters. The second-order valence-corrected chi connectivity index (χ2v) is 6.78. The fraction of sp³-hybridized carbons (Fsp3) is 0. The molecule has 3 aromatic carbocycles. The number of anilines is 1. The maximum Gasteiger partial charge on any atom is 0.257 e. The van der Waals surface area contributed by atoms with Crippen molar-refractivity contribution >= 4 is 54.5 Å². The molecular weight excluding hydrogens is 332 g/mol. The number of nitrogens with one attached hydrogen (secondary N) is 1. The zero-order valence-electron chi connectivity index (χ0n) is 13.0. The number of para-hydroxylation sites is 2. The van der Waals surface area contributed by atoms with Crippen molar-refractivity contribution in [1.29, 1.82) is 0 Å². The molecule has 5 aromatic rings. The molecule has 0 aliphatic heterocycles. The van der Waals surface area contributed by atoms with Crippen LogP contribution >= 0.6 is 11.3 Å². The van der Waals surface area contributed by atoms with E-state index in [4.69, 9.17) is 4.42 Å². The Morgan fingerprint density at radius 1 is 0.920 bits per heavy atom. The van der Waals surface area contributed by atoms with Gasteiger partial charge >= 0.3 is 0 Å². The standard InChI is InChI=1S/C20H12N2O2S/c23-19(22-20-21-15-6-2-4-8-18(15)25-20)12-9-10-17-14(11-12)13-5-1-3-7-16(13)24-17/h1-11H,(H,21,22,23). The van der Waals surface area contributed by atoms with Crippen molar-refractivity contribution in [3.05, 3.63) is 72.3 Å². The Labute approximate surface area is 146 Å². The minimum atomic E-state index is -0.175. The van der Waals surface area contributed by atoms with Gasteiger partial charge in [-0.15, -0.1) is 0 Å². The topological polar surface area (TPSA) is 55.1 Å². The Morgan fingerprint density at radius 3 is 2.64 bits per heavy atom. The molecule has 5 rings (SSSR count). The van der Waals surface area contributed by atoms with Gasteiger partial charge in [0.15, 0.2) is 5.13 Å². The second-order valence-electron chi connectivity index (χ2n) is 5.75. The van der Waals surface area contributed by atoms with Crippen LogP contribution in [0.25, 0.3) is 32.2 Å². The summed E-state index contributed by atoms with van der Waals surface area (Å²) in [7, 11) is 0. The number of carbonyl (C=O) groups is 1. The Kier molecular flexibility index (Phi) is 3.08. The highest BCUT2D eigenvalue weighted by molar-refractivity contribution is 7.22. The van der Waals surface area contributed by atoms with Crippen molar-refractivity contribution in [2.75, 3.05) is 5.32 Å². The molecule has 4 nitrogen and oxygen atoms in total. The van der Waals surface area contributed by atoms with Crippen LogP contribution in [-0.2, 0) is 0 Å². The summed E-state index contributed by atoms with van der Waals surface area (Å²) in [6, 6.07) is 21.1. The minimum Gasteiger partial charge on any atom is -0.456 e. The molecule has 0 fully saturated rings. The van der Waals surface area contributed by atoms with Crippen molar-refractivity contribution in [2.24, 2.45) is 0 Å². The molecule has 1 amide bonds. The molecule has 0 spiro atoms. The van der Waals surface area contributed by atoms with E-state index in [1.54, 1.807) is 6.07 Å². The van der Waals surface area contributed by atoms with Gasteiger partial charge in [-0.05, 0) is 36.4 Å². The average Bonchev–Trinajstić information content (AvgIpc) is 3.21. The van der Waals surface area contributed by atoms with Crippen LogP contribution in [0.4, 0.5) is 5.13 Å². The third kappa shape index (κ3) is 2.37. The Balaban J connectivity index is 1.53. The Hall–Kier alpha value is -3.18. The van der Waals surface area contributed by atoms with Crippen molar-refractivity contribution in [3.8, 4) is 0 Å². The molecule has 2 heterocycles. The molecule has 0 saturated heterocycles. The van der Waals surface area contributed by atoms with E-state index >= 15 is 0 Å². The van der Waals surface area contributed by atoms with E-state index in [2.05, 4.69) is 10.3 Å². The normalized spacial score (nSPS) is 11.4. The molecule has 5 heteroatoms. The fourth-order valence-electron chi connectivity index (χ4n) is 2.96. The first-order valence-corrected chi connectivity index (χ1v) is 8.68. The summed E-state index contributed by atoms with van der Waals surface area (Å²) < 4.78 is 6.85. The first-order valence-electron chi connectivity index (χ1n) is 7.86. The lowest BCUT2D eigenvalue weighted by molar-refractivity contribution is 0.102. The zero-order valence-corrected chi connectivity index (χ0v) is 13.8. The molecule has 0 atom stereocenters. The second kappa shape index (κ2) is 5.43. The number of fused-ring (bicyclic) bond motifs is 4. The van der Waals surface area contributed by atoms with Crippen LogP contribution in [0.15, 0.2) is 71.1 Å². The highest BCUT2D eigenvalue weighted by atomic mass is 32.1. The summed E-state index contributed by atoms with van der Waals surface area (Å²) in [5.74, 6) is -0.175. The summed E-state index contributed by atoms with van der Waals surface area (Å²) in [5, 5.41) is 5.43. The van der Waals surface area contributed by atoms with Crippen LogP contribution < -0.4 is 5.32 Å². The molecule has 0 aliphatic carbocycles. The molecular formula is C20H12N2O2S. The third-order valence-corrected chi connectivity index (χ3v) is 5.11.